The van der Waals surface area contributed by atoms with Crippen LogP contribution in [0.2, 0.25) is 0 Å². The molecule has 5 nitrogen and oxygen atoms in total. The summed E-state index contributed by atoms with van der Waals surface area (Å²) in [5.74, 6) is 1.47. The van der Waals surface area contributed by atoms with Crippen LogP contribution in [0.1, 0.15) is 31.5 Å². The van der Waals surface area contributed by atoms with E-state index in [2.05, 4.69) is 5.10 Å². The number of aryl methyl sites for hydroxylation is 1. The highest BCUT2D eigenvalue weighted by Crippen LogP contribution is 2.21. The van der Waals surface area contributed by atoms with Crippen molar-refractivity contribution in [2.45, 2.75) is 39.3 Å². The first-order valence-electron chi connectivity index (χ1n) is 7.60. The predicted octanol–water partition coefficient (Wildman–Crippen LogP) is 2.65. The molecular weight excluding hydrogens is 280 g/mol. The third-order valence-corrected chi connectivity index (χ3v) is 3.30. The van der Waals surface area contributed by atoms with Crippen molar-refractivity contribution in [3.8, 4) is 11.6 Å². The van der Waals surface area contributed by atoms with Gasteiger partial charge in [0.05, 0.1) is 19.8 Å². The minimum absolute atomic E-state index is 0.0836. The Bertz CT molecular complexity index is 593. The third-order valence-electron chi connectivity index (χ3n) is 3.30. The van der Waals surface area contributed by atoms with Crippen LogP contribution in [0.5, 0.6) is 11.6 Å². The Kier molecular flexibility index (Phi) is 5.83. The van der Waals surface area contributed by atoms with Crippen LogP contribution < -0.4 is 9.47 Å². The average molecular weight is 304 g/mol. The monoisotopic (exact) mass is 304 g/mol. The summed E-state index contributed by atoms with van der Waals surface area (Å²) in [7, 11) is 1.67. The van der Waals surface area contributed by atoms with Crippen LogP contribution in [0.25, 0.3) is 0 Å². The molecule has 0 saturated heterocycles. The number of ether oxygens (including phenoxy) is 2. The van der Waals surface area contributed by atoms with Crippen LogP contribution in [0.4, 0.5) is 0 Å². The Hall–Kier alpha value is -2.01. The summed E-state index contributed by atoms with van der Waals surface area (Å²) in [4.78, 5) is 0. The van der Waals surface area contributed by atoms with E-state index < -0.39 is 0 Å². The average Bonchev–Trinajstić information content (AvgIpc) is 2.86. The fraction of sp³-hybridized carbons (Fsp3) is 0.471. The number of aliphatic hydroxyl groups is 1. The van der Waals surface area contributed by atoms with E-state index in [1.54, 1.807) is 7.11 Å². The van der Waals surface area contributed by atoms with Crippen molar-refractivity contribution >= 4 is 0 Å². The summed E-state index contributed by atoms with van der Waals surface area (Å²) in [6.07, 6.45) is 1.55. The highest BCUT2D eigenvalue weighted by molar-refractivity contribution is 5.33. The molecule has 0 unspecified atom stereocenters. The van der Waals surface area contributed by atoms with Crippen LogP contribution in [0.3, 0.4) is 0 Å². The zero-order chi connectivity index (χ0) is 15.9. The SMILES string of the molecule is COc1ccccc1Cn1nc(OC(C)C)cc1CCCO. The number of methoxy groups -OCH3 is 1. The Morgan fingerprint density at radius 3 is 2.73 bits per heavy atom. The summed E-state index contributed by atoms with van der Waals surface area (Å²) in [6.45, 7) is 4.74. The molecule has 1 heterocycles. The zero-order valence-electron chi connectivity index (χ0n) is 13.5. The molecule has 0 spiro atoms. The number of hydrogen-bond donors (Lipinski definition) is 1. The van der Waals surface area contributed by atoms with Crippen molar-refractivity contribution in [3.05, 3.63) is 41.6 Å². The van der Waals surface area contributed by atoms with Crippen molar-refractivity contribution in [1.82, 2.24) is 9.78 Å². The molecule has 0 radical (unpaired) electrons. The summed E-state index contributed by atoms with van der Waals surface area (Å²) < 4.78 is 13.0. The third kappa shape index (κ3) is 4.24. The second-order valence-electron chi connectivity index (χ2n) is 5.44. The summed E-state index contributed by atoms with van der Waals surface area (Å²) in [5.41, 5.74) is 2.12. The van der Waals surface area contributed by atoms with Gasteiger partial charge in [0.2, 0.25) is 5.88 Å². The molecule has 0 saturated carbocycles. The van der Waals surface area contributed by atoms with Crippen LogP contribution in [-0.4, -0.2) is 34.7 Å². The van der Waals surface area contributed by atoms with Crippen LogP contribution in [0, 0.1) is 0 Å². The van der Waals surface area contributed by atoms with Gasteiger partial charge in [0.1, 0.15) is 5.75 Å². The van der Waals surface area contributed by atoms with Crippen LogP contribution >= 0.6 is 0 Å². The van der Waals surface area contributed by atoms with Gasteiger partial charge in [-0.1, -0.05) is 18.2 Å². The minimum atomic E-state index is 0.0836. The second-order valence-corrected chi connectivity index (χ2v) is 5.44. The number of hydrogen-bond acceptors (Lipinski definition) is 4. The zero-order valence-corrected chi connectivity index (χ0v) is 13.5. The van der Waals surface area contributed by atoms with E-state index in [4.69, 9.17) is 14.6 Å². The van der Waals surface area contributed by atoms with Crippen molar-refractivity contribution in [2.75, 3.05) is 13.7 Å². The molecule has 1 aromatic carbocycles. The first-order chi connectivity index (χ1) is 10.6. The van der Waals surface area contributed by atoms with Gasteiger partial charge in [-0.25, -0.2) is 0 Å². The Labute approximate surface area is 131 Å². The summed E-state index contributed by atoms with van der Waals surface area (Å²) in [5, 5.41) is 13.6. The molecule has 0 aliphatic rings. The van der Waals surface area contributed by atoms with Gasteiger partial charge in [-0.05, 0) is 32.8 Å². The quantitative estimate of drug-likeness (QED) is 0.814. The fourth-order valence-corrected chi connectivity index (χ4v) is 2.32. The van der Waals surface area contributed by atoms with Gasteiger partial charge in [-0.3, -0.25) is 4.68 Å². The van der Waals surface area contributed by atoms with Gasteiger partial charge in [0, 0.05) is 23.9 Å². The number of rotatable bonds is 8. The van der Waals surface area contributed by atoms with Gasteiger partial charge in [-0.2, -0.15) is 0 Å². The van der Waals surface area contributed by atoms with Crippen LogP contribution in [0.15, 0.2) is 30.3 Å². The first-order valence-corrected chi connectivity index (χ1v) is 7.60. The number of aliphatic hydroxyl groups excluding tert-OH is 1. The maximum atomic E-state index is 9.06. The molecule has 120 valence electrons. The van der Waals surface area contributed by atoms with Crippen molar-refractivity contribution in [2.24, 2.45) is 0 Å². The summed E-state index contributed by atoms with van der Waals surface area (Å²) in [6, 6.07) is 9.85. The molecule has 0 amide bonds. The molecule has 1 N–H and O–H groups in total. The largest absolute Gasteiger partial charge is 0.496 e. The highest BCUT2D eigenvalue weighted by Gasteiger charge is 2.12. The second kappa shape index (κ2) is 7.84. The smallest absolute Gasteiger partial charge is 0.233 e. The first kappa shape index (κ1) is 16.4. The predicted molar refractivity (Wildman–Crippen MR) is 85.5 cm³/mol. The molecule has 22 heavy (non-hydrogen) atoms. The van der Waals surface area contributed by atoms with E-state index in [0.29, 0.717) is 18.8 Å². The topological polar surface area (TPSA) is 56.5 Å². The highest BCUT2D eigenvalue weighted by atomic mass is 16.5. The van der Waals surface area contributed by atoms with Crippen molar-refractivity contribution in [1.29, 1.82) is 0 Å². The lowest BCUT2D eigenvalue weighted by molar-refractivity contribution is 0.230. The minimum Gasteiger partial charge on any atom is -0.496 e. The molecule has 0 aliphatic carbocycles. The van der Waals surface area contributed by atoms with E-state index in [9.17, 15) is 0 Å². The summed E-state index contributed by atoms with van der Waals surface area (Å²) >= 11 is 0. The molecule has 0 aliphatic heterocycles. The number of para-hydroxylation sites is 1. The Morgan fingerprint density at radius 1 is 1.27 bits per heavy atom. The standard InChI is InChI=1S/C17H24N2O3/c1-13(2)22-17-11-15(8-6-10-20)19(18-17)12-14-7-4-5-9-16(14)21-3/h4-5,7,9,11,13,20H,6,8,10,12H2,1-3H3. The van der Waals surface area contributed by atoms with Gasteiger partial charge in [-0.15, -0.1) is 5.10 Å². The normalized spacial score (nSPS) is 11.0. The van der Waals surface area contributed by atoms with Crippen LogP contribution in [-0.2, 0) is 13.0 Å². The Balaban J connectivity index is 2.25. The molecule has 0 fully saturated rings. The Morgan fingerprint density at radius 2 is 2.05 bits per heavy atom. The fourth-order valence-electron chi connectivity index (χ4n) is 2.32. The van der Waals surface area contributed by atoms with E-state index in [-0.39, 0.29) is 12.7 Å². The maximum Gasteiger partial charge on any atom is 0.233 e. The number of benzene rings is 1. The molecule has 5 heteroatoms. The molecule has 2 rings (SSSR count). The van der Waals surface area contributed by atoms with E-state index in [1.807, 2.05) is 48.9 Å². The molecular formula is C17H24N2O3. The van der Waals surface area contributed by atoms with E-state index in [0.717, 1.165) is 23.4 Å². The van der Waals surface area contributed by atoms with Crippen molar-refractivity contribution in [3.63, 3.8) is 0 Å². The molecule has 0 bridgehead atoms. The molecule has 2 aromatic rings. The molecule has 1 aromatic heterocycles. The van der Waals surface area contributed by atoms with Gasteiger partial charge >= 0.3 is 0 Å². The van der Waals surface area contributed by atoms with Gasteiger partial charge in [0.15, 0.2) is 0 Å². The lowest BCUT2D eigenvalue weighted by atomic mass is 10.2. The van der Waals surface area contributed by atoms with Gasteiger partial charge < -0.3 is 14.6 Å². The van der Waals surface area contributed by atoms with Gasteiger partial charge in [0.25, 0.3) is 0 Å². The molecule has 0 atom stereocenters. The van der Waals surface area contributed by atoms with E-state index >= 15 is 0 Å². The number of nitrogens with zero attached hydrogens (tertiary/aromatic N) is 2. The lowest BCUT2D eigenvalue weighted by Gasteiger charge is -2.10. The number of aromatic nitrogens is 2. The van der Waals surface area contributed by atoms with E-state index in [1.165, 1.54) is 0 Å². The lowest BCUT2D eigenvalue weighted by Crippen LogP contribution is -2.09. The van der Waals surface area contributed by atoms with Crippen molar-refractivity contribution < 1.29 is 14.6 Å². The maximum absolute atomic E-state index is 9.06.